The van der Waals surface area contributed by atoms with E-state index in [0.717, 1.165) is 32.1 Å². The van der Waals surface area contributed by atoms with E-state index in [1.54, 1.807) is 0 Å². The molecule has 2 aliphatic heterocycles. The summed E-state index contributed by atoms with van der Waals surface area (Å²) in [6, 6.07) is 0.0947. The Morgan fingerprint density at radius 3 is 2.35 bits per heavy atom. The number of hydrogen-bond acceptors (Lipinski definition) is 3. The van der Waals surface area contributed by atoms with Gasteiger partial charge in [0.1, 0.15) is 0 Å². The first-order valence-corrected chi connectivity index (χ1v) is 6.75. The summed E-state index contributed by atoms with van der Waals surface area (Å²) in [5.74, 6) is 0.542. The van der Waals surface area contributed by atoms with Crippen LogP contribution in [0.2, 0.25) is 0 Å². The molecule has 2 bridgehead atoms. The molecule has 2 fully saturated rings. The number of fused-ring (bicyclic) bond motifs is 2. The molecule has 98 valence electrons. The lowest BCUT2D eigenvalue weighted by molar-refractivity contribution is -0.139. The van der Waals surface area contributed by atoms with Crippen LogP contribution >= 0.6 is 0 Å². The fourth-order valence-electron chi connectivity index (χ4n) is 3.31. The number of piperidine rings is 1. The van der Waals surface area contributed by atoms with Crippen molar-refractivity contribution in [3.8, 4) is 0 Å². The van der Waals surface area contributed by atoms with Crippen molar-refractivity contribution in [2.75, 3.05) is 0 Å². The number of carbonyl (C=O) groups is 1. The van der Waals surface area contributed by atoms with Crippen molar-refractivity contribution in [3.63, 3.8) is 0 Å². The number of nitrogens with two attached hydrogens (primary N) is 1. The molecular weight excluding hydrogens is 216 g/mol. The van der Waals surface area contributed by atoms with Gasteiger partial charge in [0.2, 0.25) is 5.91 Å². The second-order valence-corrected chi connectivity index (χ2v) is 5.99. The Bertz CT molecular complexity index is 279. The summed E-state index contributed by atoms with van der Waals surface area (Å²) in [5.41, 5.74) is 5.98. The summed E-state index contributed by atoms with van der Waals surface area (Å²) >= 11 is 0. The molecule has 4 heteroatoms. The van der Waals surface area contributed by atoms with Crippen molar-refractivity contribution in [2.24, 2.45) is 11.7 Å². The van der Waals surface area contributed by atoms with E-state index in [9.17, 15) is 9.90 Å². The summed E-state index contributed by atoms with van der Waals surface area (Å²) in [4.78, 5) is 14.3. The van der Waals surface area contributed by atoms with Crippen molar-refractivity contribution >= 4 is 5.91 Å². The summed E-state index contributed by atoms with van der Waals surface area (Å²) in [6.07, 6.45) is 4.05. The van der Waals surface area contributed by atoms with Crippen molar-refractivity contribution in [3.05, 3.63) is 0 Å². The first kappa shape index (κ1) is 12.8. The topological polar surface area (TPSA) is 66.6 Å². The quantitative estimate of drug-likeness (QED) is 0.769. The van der Waals surface area contributed by atoms with Crippen LogP contribution in [0.1, 0.15) is 46.0 Å². The standard InChI is InChI=1S/C13H24N2O2/c1-8(2)5-12(14)13(17)15-9-3-4-10(15)7-11(16)6-9/h8-12,16H,3-7,14H2,1-2H3/t9?,10?,11?,12-/m0/s1. The van der Waals surface area contributed by atoms with Gasteiger partial charge < -0.3 is 15.7 Å². The van der Waals surface area contributed by atoms with Gasteiger partial charge in [0.05, 0.1) is 12.1 Å². The maximum atomic E-state index is 12.3. The first-order chi connectivity index (χ1) is 7.99. The SMILES string of the molecule is CC(C)C[C@H](N)C(=O)N1C2CCC1CC(O)C2. The monoisotopic (exact) mass is 240 g/mol. The van der Waals surface area contributed by atoms with Crippen LogP contribution in [0, 0.1) is 5.92 Å². The zero-order valence-electron chi connectivity index (χ0n) is 10.8. The Morgan fingerprint density at radius 2 is 1.88 bits per heavy atom. The fraction of sp³-hybridized carbons (Fsp3) is 0.923. The lowest BCUT2D eigenvalue weighted by Crippen LogP contribution is -2.53. The molecule has 1 amide bonds. The molecule has 0 aromatic rings. The lowest BCUT2D eigenvalue weighted by atomic mass is 9.97. The molecule has 3 atom stereocenters. The zero-order chi connectivity index (χ0) is 12.6. The molecule has 0 aliphatic carbocycles. The van der Waals surface area contributed by atoms with Crippen LogP contribution in [0.4, 0.5) is 0 Å². The van der Waals surface area contributed by atoms with E-state index in [-0.39, 0.29) is 30.1 Å². The minimum atomic E-state index is -0.367. The average Bonchev–Trinajstić information content (AvgIpc) is 2.49. The van der Waals surface area contributed by atoms with Crippen LogP contribution in [0.15, 0.2) is 0 Å². The predicted octanol–water partition coefficient (Wildman–Crippen LogP) is 0.874. The smallest absolute Gasteiger partial charge is 0.239 e. The number of rotatable bonds is 3. The first-order valence-electron chi connectivity index (χ1n) is 6.75. The van der Waals surface area contributed by atoms with E-state index in [2.05, 4.69) is 13.8 Å². The highest BCUT2D eigenvalue weighted by atomic mass is 16.3. The van der Waals surface area contributed by atoms with E-state index in [0.29, 0.717) is 5.92 Å². The Morgan fingerprint density at radius 1 is 1.35 bits per heavy atom. The van der Waals surface area contributed by atoms with Gasteiger partial charge in [0.15, 0.2) is 0 Å². The zero-order valence-corrected chi connectivity index (χ0v) is 10.8. The van der Waals surface area contributed by atoms with Gasteiger partial charge in [-0.05, 0) is 38.0 Å². The van der Waals surface area contributed by atoms with E-state index >= 15 is 0 Å². The number of amides is 1. The highest BCUT2D eigenvalue weighted by Crippen LogP contribution is 2.36. The van der Waals surface area contributed by atoms with Gasteiger partial charge in [-0.15, -0.1) is 0 Å². The molecule has 2 unspecified atom stereocenters. The second-order valence-electron chi connectivity index (χ2n) is 5.99. The second kappa shape index (κ2) is 4.94. The molecule has 0 spiro atoms. The minimum absolute atomic E-state index is 0.0955. The molecule has 2 heterocycles. The fourth-order valence-corrected chi connectivity index (χ4v) is 3.31. The number of aliphatic hydroxyl groups is 1. The van der Waals surface area contributed by atoms with Gasteiger partial charge in [-0.25, -0.2) is 0 Å². The molecule has 0 radical (unpaired) electrons. The predicted molar refractivity (Wildman–Crippen MR) is 66.3 cm³/mol. The third-order valence-corrected chi connectivity index (χ3v) is 4.01. The Labute approximate surface area is 103 Å². The van der Waals surface area contributed by atoms with Gasteiger partial charge in [-0.2, -0.15) is 0 Å². The van der Waals surface area contributed by atoms with Gasteiger partial charge >= 0.3 is 0 Å². The molecule has 2 aliphatic rings. The van der Waals surface area contributed by atoms with Crippen LogP contribution in [0.5, 0.6) is 0 Å². The largest absolute Gasteiger partial charge is 0.393 e. The Balaban J connectivity index is 2.01. The lowest BCUT2D eigenvalue weighted by Gasteiger charge is -2.38. The van der Waals surface area contributed by atoms with Crippen LogP contribution in [0.3, 0.4) is 0 Å². The van der Waals surface area contributed by atoms with Crippen LogP contribution in [-0.2, 0) is 4.79 Å². The molecule has 17 heavy (non-hydrogen) atoms. The number of nitrogens with zero attached hydrogens (tertiary/aromatic N) is 1. The molecule has 3 N–H and O–H groups in total. The highest BCUT2D eigenvalue weighted by molar-refractivity contribution is 5.82. The normalized spacial score (nSPS) is 34.2. The van der Waals surface area contributed by atoms with Gasteiger partial charge in [0.25, 0.3) is 0 Å². The van der Waals surface area contributed by atoms with E-state index < -0.39 is 0 Å². The van der Waals surface area contributed by atoms with E-state index in [1.807, 2.05) is 4.90 Å². The van der Waals surface area contributed by atoms with Crippen LogP contribution in [-0.4, -0.2) is 40.1 Å². The Hall–Kier alpha value is -0.610. The van der Waals surface area contributed by atoms with Crippen molar-refractivity contribution in [2.45, 2.75) is 70.2 Å². The third kappa shape index (κ3) is 2.63. The molecule has 0 aromatic carbocycles. The summed E-state index contributed by atoms with van der Waals surface area (Å²) in [7, 11) is 0. The van der Waals surface area contributed by atoms with E-state index in [1.165, 1.54) is 0 Å². The van der Waals surface area contributed by atoms with Gasteiger partial charge in [-0.3, -0.25) is 4.79 Å². The molecule has 0 aromatic heterocycles. The number of carbonyl (C=O) groups excluding carboxylic acids is 1. The van der Waals surface area contributed by atoms with Crippen LogP contribution < -0.4 is 5.73 Å². The Kier molecular flexibility index (Phi) is 3.73. The maximum absolute atomic E-state index is 12.3. The molecule has 2 saturated heterocycles. The summed E-state index contributed by atoms with van der Waals surface area (Å²) < 4.78 is 0. The minimum Gasteiger partial charge on any atom is -0.393 e. The highest BCUT2D eigenvalue weighted by Gasteiger charge is 2.43. The molecular formula is C13H24N2O2. The van der Waals surface area contributed by atoms with Gasteiger partial charge in [0, 0.05) is 12.1 Å². The van der Waals surface area contributed by atoms with Crippen molar-refractivity contribution in [1.82, 2.24) is 4.90 Å². The molecule has 2 rings (SSSR count). The summed E-state index contributed by atoms with van der Waals surface area (Å²) in [6.45, 7) is 4.17. The number of aliphatic hydroxyl groups excluding tert-OH is 1. The third-order valence-electron chi connectivity index (χ3n) is 4.01. The van der Waals surface area contributed by atoms with Gasteiger partial charge in [-0.1, -0.05) is 13.8 Å². The van der Waals surface area contributed by atoms with Crippen molar-refractivity contribution in [1.29, 1.82) is 0 Å². The summed E-state index contributed by atoms with van der Waals surface area (Å²) in [5, 5.41) is 9.70. The maximum Gasteiger partial charge on any atom is 0.239 e. The molecule has 4 nitrogen and oxygen atoms in total. The molecule has 0 saturated carbocycles. The van der Waals surface area contributed by atoms with Crippen LogP contribution in [0.25, 0.3) is 0 Å². The van der Waals surface area contributed by atoms with E-state index in [4.69, 9.17) is 5.73 Å². The van der Waals surface area contributed by atoms with Crippen molar-refractivity contribution < 1.29 is 9.90 Å². The average molecular weight is 240 g/mol. The number of hydrogen-bond donors (Lipinski definition) is 2.